The van der Waals surface area contributed by atoms with Crippen LogP contribution >= 0.6 is 11.3 Å². The molecule has 2 N–H and O–H groups in total. The van der Waals surface area contributed by atoms with Crippen LogP contribution in [0.4, 0.5) is 0 Å². The zero-order chi connectivity index (χ0) is 13.9. The van der Waals surface area contributed by atoms with Crippen LogP contribution in [0.3, 0.4) is 0 Å². The van der Waals surface area contributed by atoms with Crippen molar-refractivity contribution in [2.45, 2.75) is 17.9 Å². The summed E-state index contributed by atoms with van der Waals surface area (Å²) in [6, 6.07) is 1.47. The molecule has 2 aromatic rings. The molecule has 0 spiro atoms. The molecule has 0 radical (unpaired) electrons. The Bertz CT molecular complexity index is 647. The third kappa shape index (κ3) is 3.38. The summed E-state index contributed by atoms with van der Waals surface area (Å²) in [4.78, 5) is 0.799. The Labute approximate surface area is 115 Å². The highest BCUT2D eigenvalue weighted by atomic mass is 32.2. The molecule has 2 heterocycles. The van der Waals surface area contributed by atoms with Gasteiger partial charge in [-0.05, 0) is 6.07 Å². The Morgan fingerprint density at radius 1 is 1.53 bits per heavy atom. The fourth-order valence-corrected chi connectivity index (χ4v) is 3.66. The summed E-state index contributed by atoms with van der Waals surface area (Å²) in [6.45, 7) is 0.0955. The maximum Gasteiger partial charge on any atom is 0.241 e. The van der Waals surface area contributed by atoms with Gasteiger partial charge in [-0.1, -0.05) is 0 Å². The first-order valence-electron chi connectivity index (χ1n) is 5.54. The van der Waals surface area contributed by atoms with Crippen LogP contribution in [0.1, 0.15) is 10.7 Å². The van der Waals surface area contributed by atoms with Gasteiger partial charge in [0.1, 0.15) is 12.2 Å². The van der Waals surface area contributed by atoms with Crippen LogP contribution in [0.25, 0.3) is 0 Å². The lowest BCUT2D eigenvalue weighted by Gasteiger charge is -2.04. The Morgan fingerprint density at radius 3 is 2.89 bits per heavy atom. The lowest BCUT2D eigenvalue weighted by atomic mass is 10.4. The van der Waals surface area contributed by atoms with E-state index in [1.54, 1.807) is 17.9 Å². The maximum absolute atomic E-state index is 11.9. The first-order chi connectivity index (χ1) is 9.03. The number of aliphatic hydroxyl groups is 1. The molecule has 0 atom stereocenters. The molecule has 0 amide bonds. The van der Waals surface area contributed by atoms with Crippen molar-refractivity contribution >= 4 is 21.4 Å². The second-order valence-corrected chi connectivity index (χ2v) is 6.68. The molecule has 0 aliphatic rings. The predicted octanol–water partition coefficient (Wildman–Crippen LogP) is -0.110. The first kappa shape index (κ1) is 14.1. The third-order valence-corrected chi connectivity index (χ3v) is 5.05. The molecule has 0 aromatic carbocycles. The van der Waals surface area contributed by atoms with Gasteiger partial charge in [0.05, 0.1) is 11.5 Å². The lowest BCUT2D eigenvalue weighted by Crippen LogP contribution is -2.26. The fourth-order valence-electron chi connectivity index (χ4n) is 1.50. The van der Waals surface area contributed by atoms with Crippen LogP contribution in [0.2, 0.25) is 0 Å². The van der Waals surface area contributed by atoms with Gasteiger partial charge in [0.2, 0.25) is 10.0 Å². The number of hydrogen-bond donors (Lipinski definition) is 2. The molecule has 9 heteroatoms. The number of sulfonamides is 1. The van der Waals surface area contributed by atoms with Crippen LogP contribution in [-0.4, -0.2) is 34.8 Å². The topological polar surface area (TPSA) is 97.1 Å². The molecule has 0 fully saturated rings. The van der Waals surface area contributed by atoms with Gasteiger partial charge in [-0.3, -0.25) is 0 Å². The second kappa shape index (κ2) is 5.78. The molecule has 0 aliphatic carbocycles. The summed E-state index contributed by atoms with van der Waals surface area (Å²) in [5, 5.41) is 18.0. The molecule has 0 aliphatic heterocycles. The van der Waals surface area contributed by atoms with Crippen molar-refractivity contribution in [1.82, 2.24) is 19.5 Å². The highest BCUT2D eigenvalue weighted by Crippen LogP contribution is 2.18. The highest BCUT2D eigenvalue weighted by Gasteiger charge is 2.15. The lowest BCUT2D eigenvalue weighted by molar-refractivity contribution is 0.285. The van der Waals surface area contributed by atoms with Crippen molar-refractivity contribution < 1.29 is 13.5 Å². The summed E-state index contributed by atoms with van der Waals surface area (Å²) < 4.78 is 28.1. The predicted molar refractivity (Wildman–Crippen MR) is 70.1 cm³/mol. The monoisotopic (exact) mass is 302 g/mol. The maximum atomic E-state index is 11.9. The van der Waals surface area contributed by atoms with Crippen molar-refractivity contribution in [2.75, 3.05) is 6.54 Å². The third-order valence-electron chi connectivity index (χ3n) is 2.54. The number of nitrogens with one attached hydrogen (secondary N) is 1. The van der Waals surface area contributed by atoms with Crippen LogP contribution in [0.5, 0.6) is 0 Å². The highest BCUT2D eigenvalue weighted by molar-refractivity contribution is 7.89. The van der Waals surface area contributed by atoms with Gasteiger partial charge in [0.25, 0.3) is 0 Å². The molecule has 0 saturated heterocycles. The van der Waals surface area contributed by atoms with E-state index in [1.165, 1.54) is 22.8 Å². The molecule has 0 unspecified atom stereocenters. The molecule has 104 valence electrons. The quantitative estimate of drug-likeness (QED) is 0.776. The van der Waals surface area contributed by atoms with E-state index in [0.29, 0.717) is 17.1 Å². The fraction of sp³-hybridized carbons (Fsp3) is 0.400. The van der Waals surface area contributed by atoms with E-state index in [9.17, 15) is 8.42 Å². The van der Waals surface area contributed by atoms with Crippen molar-refractivity contribution in [3.05, 3.63) is 28.5 Å². The van der Waals surface area contributed by atoms with E-state index in [1.807, 2.05) is 0 Å². The smallest absolute Gasteiger partial charge is 0.241 e. The minimum atomic E-state index is -3.52. The van der Waals surface area contributed by atoms with Crippen LogP contribution < -0.4 is 4.72 Å². The zero-order valence-corrected chi connectivity index (χ0v) is 11.9. The van der Waals surface area contributed by atoms with E-state index in [-0.39, 0.29) is 18.0 Å². The van der Waals surface area contributed by atoms with E-state index in [4.69, 9.17) is 5.11 Å². The molecule has 19 heavy (non-hydrogen) atoms. The number of nitrogens with zero attached hydrogens (tertiary/aromatic N) is 3. The molecule has 0 bridgehead atoms. The SMILES string of the molecule is Cn1cnnc1CCNS(=O)(=O)c1csc(CO)c1. The standard InChI is InChI=1S/C10H14N4O3S2/c1-14-7-11-13-10(14)2-3-12-19(16,17)9-4-8(5-15)18-6-9/h4,6-7,12,15H,2-3,5H2,1H3. The molecule has 7 nitrogen and oxygen atoms in total. The largest absolute Gasteiger partial charge is 0.391 e. The number of aryl methyl sites for hydroxylation is 1. The normalized spacial score (nSPS) is 11.9. The summed E-state index contributed by atoms with van der Waals surface area (Å²) in [5.41, 5.74) is 0. The van der Waals surface area contributed by atoms with Crippen molar-refractivity contribution in [3.8, 4) is 0 Å². The second-order valence-electron chi connectivity index (χ2n) is 3.91. The number of hydrogen-bond acceptors (Lipinski definition) is 6. The number of aliphatic hydroxyl groups excluding tert-OH is 1. The van der Waals surface area contributed by atoms with E-state index >= 15 is 0 Å². The molecule has 2 aromatic heterocycles. The average molecular weight is 302 g/mol. The zero-order valence-electron chi connectivity index (χ0n) is 10.3. The Hall–Kier alpha value is -1.29. The van der Waals surface area contributed by atoms with E-state index in [2.05, 4.69) is 14.9 Å². The Kier molecular flexibility index (Phi) is 4.30. The van der Waals surface area contributed by atoms with Gasteiger partial charge >= 0.3 is 0 Å². The van der Waals surface area contributed by atoms with Crippen LogP contribution in [0, 0.1) is 0 Å². The van der Waals surface area contributed by atoms with E-state index < -0.39 is 10.0 Å². The molecular weight excluding hydrogens is 288 g/mol. The average Bonchev–Trinajstić information content (AvgIpc) is 2.99. The van der Waals surface area contributed by atoms with Gasteiger partial charge in [0.15, 0.2) is 0 Å². The van der Waals surface area contributed by atoms with Crippen molar-refractivity contribution in [2.24, 2.45) is 7.05 Å². The van der Waals surface area contributed by atoms with Crippen molar-refractivity contribution in [1.29, 1.82) is 0 Å². The van der Waals surface area contributed by atoms with Gasteiger partial charge in [-0.15, -0.1) is 21.5 Å². The summed E-state index contributed by atoms with van der Waals surface area (Å²) in [7, 11) is -1.72. The first-order valence-corrected chi connectivity index (χ1v) is 7.90. The van der Waals surface area contributed by atoms with Gasteiger partial charge in [-0.2, -0.15) is 0 Å². The van der Waals surface area contributed by atoms with Gasteiger partial charge in [0, 0.05) is 30.3 Å². The summed E-state index contributed by atoms with van der Waals surface area (Å²) in [5.74, 6) is 0.712. The molecular formula is C10H14N4O3S2. The Morgan fingerprint density at radius 2 is 2.32 bits per heavy atom. The van der Waals surface area contributed by atoms with E-state index in [0.717, 1.165) is 0 Å². The van der Waals surface area contributed by atoms with Crippen LogP contribution in [0.15, 0.2) is 22.7 Å². The van der Waals surface area contributed by atoms with Gasteiger partial charge in [-0.25, -0.2) is 13.1 Å². The minimum absolute atomic E-state index is 0.154. The van der Waals surface area contributed by atoms with Crippen LogP contribution in [-0.2, 0) is 30.1 Å². The number of aromatic nitrogens is 3. The van der Waals surface area contributed by atoms with Crippen molar-refractivity contribution in [3.63, 3.8) is 0 Å². The summed E-state index contributed by atoms with van der Waals surface area (Å²) >= 11 is 1.21. The minimum Gasteiger partial charge on any atom is -0.391 e. The summed E-state index contributed by atoms with van der Waals surface area (Å²) in [6.07, 6.45) is 2.03. The molecule has 0 saturated carbocycles. The van der Waals surface area contributed by atoms with Gasteiger partial charge < -0.3 is 9.67 Å². The Balaban J connectivity index is 1.96. The number of rotatable bonds is 6. The number of thiophene rings is 1. The molecule has 2 rings (SSSR count).